The number of hydrogen-bond donors (Lipinski definition) is 1. The predicted molar refractivity (Wildman–Crippen MR) is 96.5 cm³/mol. The van der Waals surface area contributed by atoms with E-state index in [0.717, 1.165) is 16.9 Å². The van der Waals surface area contributed by atoms with Gasteiger partial charge < -0.3 is 14.7 Å². The average molecular weight is 356 g/mol. The minimum absolute atomic E-state index is 0.0996. The highest BCUT2D eigenvalue weighted by Gasteiger charge is 2.40. The number of amides is 1. The molecule has 0 spiro atoms. The normalized spacial score (nSPS) is 22.2. The quantitative estimate of drug-likeness (QED) is 0.899. The first-order chi connectivity index (χ1) is 12.0. The highest BCUT2D eigenvalue weighted by molar-refractivity contribution is 6.30. The first-order valence-corrected chi connectivity index (χ1v) is 8.63. The van der Waals surface area contributed by atoms with Gasteiger partial charge in [0.2, 0.25) is 0 Å². The molecule has 1 atom stereocenters. The van der Waals surface area contributed by atoms with E-state index in [1.54, 1.807) is 23.1 Å². The van der Waals surface area contributed by atoms with E-state index in [-0.39, 0.29) is 19.1 Å². The zero-order valence-corrected chi connectivity index (χ0v) is 14.4. The number of ether oxygens (including phenoxy) is 1. The molecule has 2 aromatic rings. The Morgan fingerprint density at radius 2 is 2.00 bits per heavy atom. The maximum absolute atomic E-state index is 12.8. The highest BCUT2D eigenvalue weighted by atomic mass is 35.5. The Bertz CT molecular complexity index is 849. The zero-order valence-electron chi connectivity index (χ0n) is 13.6. The number of halogens is 1. The van der Waals surface area contributed by atoms with Gasteiger partial charge in [-0.15, -0.1) is 0 Å². The fourth-order valence-corrected chi connectivity index (χ4v) is 3.61. The highest BCUT2D eigenvalue weighted by Crippen LogP contribution is 2.34. The average Bonchev–Trinajstić information content (AvgIpc) is 3.05. The minimum atomic E-state index is -0.992. The summed E-state index contributed by atoms with van der Waals surface area (Å²) in [4.78, 5) is 14.5. The van der Waals surface area contributed by atoms with Crippen molar-refractivity contribution in [2.45, 2.75) is 12.0 Å². The predicted octanol–water partition coefficient (Wildman–Crippen LogP) is 3.24. The lowest BCUT2D eigenvalue weighted by Crippen LogP contribution is -2.36. The van der Waals surface area contributed by atoms with E-state index in [1.165, 1.54) is 0 Å². The van der Waals surface area contributed by atoms with E-state index >= 15 is 0 Å². The fourth-order valence-electron chi connectivity index (χ4n) is 3.43. The van der Waals surface area contributed by atoms with Crippen LogP contribution in [0.3, 0.4) is 0 Å². The van der Waals surface area contributed by atoms with Gasteiger partial charge in [-0.3, -0.25) is 4.79 Å². The summed E-state index contributed by atoms with van der Waals surface area (Å²) < 4.78 is 5.67. The maximum atomic E-state index is 12.8. The van der Waals surface area contributed by atoms with Gasteiger partial charge in [0.1, 0.15) is 18.0 Å². The number of fused-ring (bicyclic) bond motifs is 1. The van der Waals surface area contributed by atoms with Gasteiger partial charge in [-0.2, -0.15) is 0 Å². The molecule has 1 N–H and O–H groups in total. The number of aliphatic hydroxyl groups is 1. The van der Waals surface area contributed by atoms with Gasteiger partial charge in [0.25, 0.3) is 5.91 Å². The molecule has 1 saturated heterocycles. The summed E-state index contributed by atoms with van der Waals surface area (Å²) in [7, 11) is 0. The van der Waals surface area contributed by atoms with E-state index in [0.29, 0.717) is 23.6 Å². The summed E-state index contributed by atoms with van der Waals surface area (Å²) in [6.07, 6.45) is 2.35. The van der Waals surface area contributed by atoms with Crippen LogP contribution in [0.1, 0.15) is 17.5 Å². The Labute approximate surface area is 151 Å². The van der Waals surface area contributed by atoms with Crippen LogP contribution in [0.15, 0.2) is 54.1 Å². The van der Waals surface area contributed by atoms with Crippen molar-refractivity contribution in [3.05, 3.63) is 70.3 Å². The molecule has 2 aliphatic heterocycles. The number of hydrogen-bond acceptors (Lipinski definition) is 3. The second-order valence-corrected chi connectivity index (χ2v) is 6.95. The van der Waals surface area contributed by atoms with Crippen LogP contribution >= 0.6 is 11.6 Å². The lowest BCUT2D eigenvalue weighted by molar-refractivity contribution is -0.127. The molecule has 0 aromatic heterocycles. The van der Waals surface area contributed by atoms with Gasteiger partial charge in [0.15, 0.2) is 0 Å². The summed E-state index contributed by atoms with van der Waals surface area (Å²) in [6, 6.07) is 14.9. The molecule has 4 rings (SSSR count). The Balaban J connectivity index is 1.55. The van der Waals surface area contributed by atoms with E-state index in [9.17, 15) is 9.90 Å². The van der Waals surface area contributed by atoms with Crippen LogP contribution in [0, 0.1) is 0 Å². The summed E-state index contributed by atoms with van der Waals surface area (Å²) >= 11 is 6.02. The summed E-state index contributed by atoms with van der Waals surface area (Å²) in [5.74, 6) is 0.626. The largest absolute Gasteiger partial charge is 0.488 e. The number of β-amino-alcohol motifs (C(OH)–C–C–N with tert-alkyl or cyclic N) is 1. The van der Waals surface area contributed by atoms with Gasteiger partial charge in [-0.05, 0) is 36.3 Å². The number of benzene rings is 2. The fraction of sp³-hybridized carbons (Fsp3) is 0.250. The summed E-state index contributed by atoms with van der Waals surface area (Å²) in [6.45, 7) is 1.04. The Morgan fingerprint density at radius 3 is 2.80 bits per heavy atom. The lowest BCUT2D eigenvalue weighted by Gasteiger charge is -2.25. The Kier molecular flexibility index (Phi) is 4.02. The molecular weight excluding hydrogens is 338 g/mol. The van der Waals surface area contributed by atoms with Crippen LogP contribution in [0.5, 0.6) is 5.75 Å². The number of likely N-dealkylation sites (tertiary alicyclic amines) is 1. The van der Waals surface area contributed by atoms with E-state index < -0.39 is 5.60 Å². The van der Waals surface area contributed by atoms with E-state index in [4.69, 9.17) is 16.3 Å². The van der Waals surface area contributed by atoms with Gasteiger partial charge in [-0.1, -0.05) is 41.9 Å². The molecule has 0 unspecified atom stereocenters. The molecule has 1 amide bonds. The second-order valence-electron chi connectivity index (χ2n) is 6.51. The number of nitrogens with zero attached hydrogens (tertiary/aromatic N) is 1. The molecule has 0 aliphatic carbocycles. The van der Waals surface area contributed by atoms with E-state index in [2.05, 4.69) is 0 Å². The van der Waals surface area contributed by atoms with Gasteiger partial charge >= 0.3 is 0 Å². The zero-order chi connectivity index (χ0) is 17.4. The monoisotopic (exact) mass is 355 g/mol. The summed E-state index contributed by atoms with van der Waals surface area (Å²) in [5, 5.41) is 11.5. The van der Waals surface area contributed by atoms with Gasteiger partial charge in [0.05, 0.1) is 12.1 Å². The lowest BCUT2D eigenvalue weighted by atomic mass is 9.93. The van der Waals surface area contributed by atoms with Crippen molar-refractivity contribution in [1.82, 2.24) is 4.90 Å². The molecule has 4 nitrogen and oxygen atoms in total. The Hall–Kier alpha value is -2.30. The maximum Gasteiger partial charge on any atom is 0.253 e. The molecule has 2 heterocycles. The van der Waals surface area contributed by atoms with Crippen LogP contribution in [0.25, 0.3) is 6.08 Å². The first kappa shape index (κ1) is 16.2. The molecule has 1 fully saturated rings. The molecule has 0 bridgehead atoms. The SMILES string of the molecule is O=C(C1=Cc2cc(Cl)ccc2OC1)N1CC[C@@](O)(c2ccccc2)C1. The van der Waals surface area contributed by atoms with Gasteiger partial charge in [-0.25, -0.2) is 0 Å². The standard InChI is InChI=1S/C20H18ClNO3/c21-17-6-7-18-14(11-17)10-15(12-25-18)19(23)22-9-8-20(24,13-22)16-4-2-1-3-5-16/h1-7,10-11,24H,8-9,12-13H2/t20-/m0/s1. The molecule has 2 aliphatic rings. The molecule has 5 heteroatoms. The summed E-state index contributed by atoms with van der Waals surface area (Å²) in [5.41, 5.74) is 1.23. The number of carbonyl (C=O) groups excluding carboxylic acids is 1. The van der Waals surface area contributed by atoms with Crippen molar-refractivity contribution in [3.8, 4) is 5.75 Å². The van der Waals surface area contributed by atoms with Crippen LogP contribution in [-0.4, -0.2) is 35.6 Å². The van der Waals surface area contributed by atoms with Crippen molar-refractivity contribution in [3.63, 3.8) is 0 Å². The number of carbonyl (C=O) groups is 1. The van der Waals surface area contributed by atoms with E-state index in [1.807, 2.05) is 36.4 Å². The van der Waals surface area contributed by atoms with Crippen molar-refractivity contribution in [2.75, 3.05) is 19.7 Å². The molecule has 2 aromatic carbocycles. The van der Waals surface area contributed by atoms with Crippen LogP contribution in [-0.2, 0) is 10.4 Å². The third kappa shape index (κ3) is 3.03. The number of rotatable bonds is 2. The van der Waals surface area contributed by atoms with Crippen LogP contribution in [0.2, 0.25) is 5.02 Å². The first-order valence-electron chi connectivity index (χ1n) is 8.25. The van der Waals surface area contributed by atoms with Crippen LogP contribution in [0.4, 0.5) is 0 Å². The molecule has 0 radical (unpaired) electrons. The van der Waals surface area contributed by atoms with Crippen molar-refractivity contribution in [2.24, 2.45) is 0 Å². The third-order valence-corrected chi connectivity index (χ3v) is 5.04. The van der Waals surface area contributed by atoms with Crippen LogP contribution < -0.4 is 4.74 Å². The smallest absolute Gasteiger partial charge is 0.253 e. The van der Waals surface area contributed by atoms with Crippen molar-refractivity contribution >= 4 is 23.6 Å². The topological polar surface area (TPSA) is 49.8 Å². The molecule has 25 heavy (non-hydrogen) atoms. The molecule has 0 saturated carbocycles. The molecule has 128 valence electrons. The Morgan fingerprint density at radius 1 is 1.20 bits per heavy atom. The third-order valence-electron chi connectivity index (χ3n) is 4.81. The minimum Gasteiger partial charge on any atom is -0.488 e. The van der Waals surface area contributed by atoms with Gasteiger partial charge in [0, 0.05) is 17.1 Å². The van der Waals surface area contributed by atoms with Crippen molar-refractivity contribution < 1.29 is 14.6 Å². The van der Waals surface area contributed by atoms with Crippen molar-refractivity contribution in [1.29, 1.82) is 0 Å². The second kappa shape index (κ2) is 6.21. The molecular formula is C20H18ClNO3.